The zero-order valence-electron chi connectivity index (χ0n) is 9.22. The molecule has 4 nitrogen and oxygen atoms in total. The molecular weight excluding hydrogens is 206 g/mol. The van der Waals surface area contributed by atoms with Gasteiger partial charge in [0.25, 0.3) is 5.91 Å². The van der Waals surface area contributed by atoms with Gasteiger partial charge in [0.1, 0.15) is 6.73 Å². The van der Waals surface area contributed by atoms with E-state index in [0.29, 0.717) is 6.54 Å². The summed E-state index contributed by atoms with van der Waals surface area (Å²) in [4.78, 5) is 13.3. The largest absolute Gasteiger partial charge is 0.358 e. The maximum atomic E-state index is 11.8. The second-order valence-electron chi connectivity index (χ2n) is 3.90. The zero-order valence-corrected chi connectivity index (χ0v) is 9.22. The van der Waals surface area contributed by atoms with Crippen LogP contribution in [0.3, 0.4) is 0 Å². The molecule has 86 valence electrons. The molecule has 1 aromatic rings. The van der Waals surface area contributed by atoms with Crippen LogP contribution in [0.25, 0.3) is 0 Å². The Kier molecular flexibility index (Phi) is 2.94. The molecule has 0 aromatic heterocycles. The van der Waals surface area contributed by atoms with E-state index in [1.165, 1.54) is 4.90 Å². The lowest BCUT2D eigenvalue weighted by molar-refractivity contribution is -0.183. The molecule has 0 aliphatic carbocycles. The Morgan fingerprint density at radius 2 is 2.12 bits per heavy atom. The summed E-state index contributed by atoms with van der Waals surface area (Å²) < 4.78 is 5.12. The third-order valence-electron chi connectivity index (χ3n) is 2.78. The van der Waals surface area contributed by atoms with Crippen molar-refractivity contribution < 1.29 is 14.6 Å². The normalized spacial score (nSPS) is 25.1. The predicted octanol–water partition coefficient (Wildman–Crippen LogP) is 1.10. The van der Waals surface area contributed by atoms with E-state index in [-0.39, 0.29) is 19.1 Å². The van der Waals surface area contributed by atoms with Crippen LogP contribution >= 0.6 is 0 Å². The maximum Gasteiger partial charge on any atom is 0.284 e. The Labute approximate surface area is 94.4 Å². The average molecular weight is 221 g/mol. The van der Waals surface area contributed by atoms with Crippen molar-refractivity contribution in [1.82, 2.24) is 4.90 Å². The third kappa shape index (κ3) is 1.94. The van der Waals surface area contributed by atoms with Gasteiger partial charge in [-0.1, -0.05) is 37.3 Å². The molecule has 2 rings (SSSR count). The number of amides is 1. The fraction of sp³-hybridized carbons (Fsp3) is 0.417. The van der Waals surface area contributed by atoms with Gasteiger partial charge in [0.15, 0.2) is 0 Å². The van der Waals surface area contributed by atoms with Crippen molar-refractivity contribution in [1.29, 1.82) is 0 Å². The van der Waals surface area contributed by atoms with Gasteiger partial charge in [0.2, 0.25) is 5.79 Å². The quantitative estimate of drug-likeness (QED) is 0.831. The molecule has 1 aliphatic heterocycles. The van der Waals surface area contributed by atoms with E-state index in [1.807, 2.05) is 30.3 Å². The first-order valence-electron chi connectivity index (χ1n) is 5.35. The number of carbonyl (C=O) groups is 1. The van der Waals surface area contributed by atoms with Gasteiger partial charge >= 0.3 is 0 Å². The van der Waals surface area contributed by atoms with Crippen molar-refractivity contribution in [3.8, 4) is 0 Å². The Bertz CT molecular complexity index is 379. The SMILES string of the molecule is CCC1(O)OCN(Cc2ccccc2)C1=O. The standard InChI is InChI=1S/C12H15NO3/c1-2-12(15)11(14)13(9-16-12)8-10-6-4-3-5-7-10/h3-7,15H,2,8-9H2,1H3. The number of aliphatic hydroxyl groups is 1. The van der Waals surface area contributed by atoms with Crippen LogP contribution in [0.5, 0.6) is 0 Å². The van der Waals surface area contributed by atoms with E-state index in [0.717, 1.165) is 5.56 Å². The maximum absolute atomic E-state index is 11.8. The van der Waals surface area contributed by atoms with Crippen molar-refractivity contribution in [3.63, 3.8) is 0 Å². The van der Waals surface area contributed by atoms with Crippen LogP contribution in [0.2, 0.25) is 0 Å². The van der Waals surface area contributed by atoms with Crippen molar-refractivity contribution in [2.75, 3.05) is 6.73 Å². The highest BCUT2D eigenvalue weighted by Crippen LogP contribution is 2.24. The highest BCUT2D eigenvalue weighted by Gasteiger charge is 2.45. The lowest BCUT2D eigenvalue weighted by Crippen LogP contribution is -2.39. The van der Waals surface area contributed by atoms with E-state index in [4.69, 9.17) is 4.74 Å². The molecule has 1 aromatic carbocycles. The molecule has 1 aliphatic rings. The fourth-order valence-electron chi connectivity index (χ4n) is 1.73. The number of hydrogen-bond acceptors (Lipinski definition) is 3. The minimum absolute atomic E-state index is 0.151. The van der Waals surface area contributed by atoms with Gasteiger partial charge in [0.05, 0.1) is 0 Å². The number of nitrogens with zero attached hydrogens (tertiary/aromatic N) is 1. The topological polar surface area (TPSA) is 49.8 Å². The second-order valence-corrected chi connectivity index (χ2v) is 3.90. The smallest absolute Gasteiger partial charge is 0.284 e. The molecule has 1 fully saturated rings. The van der Waals surface area contributed by atoms with E-state index in [9.17, 15) is 9.90 Å². The van der Waals surface area contributed by atoms with Crippen LogP contribution < -0.4 is 0 Å². The summed E-state index contributed by atoms with van der Waals surface area (Å²) in [5, 5.41) is 9.80. The second kappa shape index (κ2) is 4.23. The summed E-state index contributed by atoms with van der Waals surface area (Å²) in [6.45, 7) is 2.35. The first kappa shape index (κ1) is 11.1. The van der Waals surface area contributed by atoms with Crippen LogP contribution in [0.15, 0.2) is 30.3 Å². The van der Waals surface area contributed by atoms with Crippen LogP contribution in [0, 0.1) is 0 Å². The lowest BCUT2D eigenvalue weighted by atomic mass is 10.2. The Morgan fingerprint density at radius 3 is 2.69 bits per heavy atom. The van der Waals surface area contributed by atoms with Gasteiger partial charge in [-0.05, 0) is 5.56 Å². The molecule has 1 amide bonds. The van der Waals surface area contributed by atoms with Gasteiger partial charge < -0.3 is 14.7 Å². The number of ether oxygens (including phenoxy) is 1. The van der Waals surface area contributed by atoms with E-state index < -0.39 is 5.79 Å². The summed E-state index contributed by atoms with van der Waals surface area (Å²) in [5.74, 6) is -1.96. The first-order chi connectivity index (χ1) is 7.65. The van der Waals surface area contributed by atoms with Gasteiger partial charge in [0, 0.05) is 13.0 Å². The van der Waals surface area contributed by atoms with Crippen LogP contribution in [0.4, 0.5) is 0 Å². The highest BCUT2D eigenvalue weighted by molar-refractivity contribution is 5.84. The van der Waals surface area contributed by atoms with Gasteiger partial charge in [-0.3, -0.25) is 4.79 Å². The van der Waals surface area contributed by atoms with Crippen LogP contribution in [-0.4, -0.2) is 28.4 Å². The summed E-state index contributed by atoms with van der Waals surface area (Å²) in [6, 6.07) is 9.65. The number of benzene rings is 1. The Hall–Kier alpha value is -1.39. The summed E-state index contributed by atoms with van der Waals surface area (Å²) in [7, 11) is 0. The Balaban J connectivity index is 2.06. The van der Waals surface area contributed by atoms with Crippen LogP contribution in [-0.2, 0) is 16.1 Å². The molecule has 0 saturated carbocycles. The van der Waals surface area contributed by atoms with Crippen molar-refractivity contribution in [2.45, 2.75) is 25.7 Å². The molecule has 1 N–H and O–H groups in total. The number of rotatable bonds is 3. The minimum Gasteiger partial charge on any atom is -0.358 e. The zero-order chi connectivity index (χ0) is 11.6. The van der Waals surface area contributed by atoms with Crippen LogP contribution in [0.1, 0.15) is 18.9 Å². The number of hydrogen-bond donors (Lipinski definition) is 1. The number of carbonyl (C=O) groups excluding carboxylic acids is 1. The summed E-state index contributed by atoms with van der Waals surface area (Å²) in [5.41, 5.74) is 1.03. The van der Waals surface area contributed by atoms with E-state index in [2.05, 4.69) is 0 Å². The monoisotopic (exact) mass is 221 g/mol. The molecule has 0 bridgehead atoms. The highest BCUT2D eigenvalue weighted by atomic mass is 16.7. The van der Waals surface area contributed by atoms with Crippen molar-refractivity contribution in [2.24, 2.45) is 0 Å². The lowest BCUT2D eigenvalue weighted by Gasteiger charge is -2.17. The summed E-state index contributed by atoms with van der Waals surface area (Å²) in [6.07, 6.45) is 0.275. The fourth-order valence-corrected chi connectivity index (χ4v) is 1.73. The summed E-state index contributed by atoms with van der Waals surface area (Å²) >= 11 is 0. The molecule has 1 heterocycles. The molecule has 0 radical (unpaired) electrons. The molecular formula is C12H15NO3. The molecule has 1 atom stereocenters. The molecule has 4 heteroatoms. The predicted molar refractivity (Wildman–Crippen MR) is 58.2 cm³/mol. The third-order valence-corrected chi connectivity index (χ3v) is 2.78. The molecule has 0 spiro atoms. The van der Waals surface area contributed by atoms with Gasteiger partial charge in [-0.25, -0.2) is 0 Å². The average Bonchev–Trinajstić information content (AvgIpc) is 2.60. The minimum atomic E-state index is -1.62. The van der Waals surface area contributed by atoms with Gasteiger partial charge in [-0.15, -0.1) is 0 Å². The first-order valence-corrected chi connectivity index (χ1v) is 5.35. The molecule has 16 heavy (non-hydrogen) atoms. The van der Waals surface area contributed by atoms with E-state index in [1.54, 1.807) is 6.92 Å². The van der Waals surface area contributed by atoms with Crippen molar-refractivity contribution >= 4 is 5.91 Å². The van der Waals surface area contributed by atoms with Gasteiger partial charge in [-0.2, -0.15) is 0 Å². The Morgan fingerprint density at radius 1 is 1.44 bits per heavy atom. The van der Waals surface area contributed by atoms with E-state index >= 15 is 0 Å². The van der Waals surface area contributed by atoms with Crippen molar-refractivity contribution in [3.05, 3.63) is 35.9 Å². The molecule has 1 unspecified atom stereocenters. The molecule has 1 saturated heterocycles.